The van der Waals surface area contributed by atoms with E-state index in [1.807, 2.05) is 12.1 Å². The topological polar surface area (TPSA) is 70.7 Å². The number of hydrogen-bond acceptors (Lipinski definition) is 4. The van der Waals surface area contributed by atoms with Gasteiger partial charge in [-0.25, -0.2) is 4.98 Å². The van der Waals surface area contributed by atoms with Gasteiger partial charge in [0.25, 0.3) is 0 Å². The summed E-state index contributed by atoms with van der Waals surface area (Å²) < 4.78 is 0. The Morgan fingerprint density at radius 2 is 2.04 bits per heavy atom. The quantitative estimate of drug-likeness (QED) is 0.770. The molecule has 2 atom stereocenters. The molecule has 6 heteroatoms. The van der Waals surface area contributed by atoms with E-state index in [-0.39, 0.29) is 5.91 Å². The van der Waals surface area contributed by atoms with E-state index >= 15 is 0 Å². The van der Waals surface area contributed by atoms with Gasteiger partial charge in [0.1, 0.15) is 0 Å². The summed E-state index contributed by atoms with van der Waals surface area (Å²) in [5, 5.41) is 11.0. The van der Waals surface area contributed by atoms with Crippen LogP contribution in [0.5, 0.6) is 0 Å². The number of aromatic amines is 1. The molecule has 0 bridgehead atoms. The first-order valence-electron chi connectivity index (χ1n) is 9.09. The van der Waals surface area contributed by atoms with E-state index < -0.39 is 0 Å². The number of carbonyl (C=O) groups excluding carboxylic acids is 1. The summed E-state index contributed by atoms with van der Waals surface area (Å²) in [7, 11) is 0. The van der Waals surface area contributed by atoms with Crippen molar-refractivity contribution in [2.75, 3.05) is 5.75 Å². The molecular formula is C19H26N4OS. The molecule has 2 N–H and O–H groups in total. The molecule has 1 aromatic carbocycles. The van der Waals surface area contributed by atoms with Crippen LogP contribution in [0.1, 0.15) is 45.1 Å². The van der Waals surface area contributed by atoms with E-state index in [1.165, 1.54) is 36.6 Å². The Bertz CT molecular complexity index is 698. The van der Waals surface area contributed by atoms with Gasteiger partial charge in [0.05, 0.1) is 5.75 Å². The molecule has 1 heterocycles. The molecule has 1 aliphatic carbocycles. The van der Waals surface area contributed by atoms with Gasteiger partial charge in [0, 0.05) is 11.6 Å². The van der Waals surface area contributed by atoms with Crippen molar-refractivity contribution in [2.45, 2.75) is 57.1 Å². The number of H-pyrrole nitrogens is 1. The minimum Gasteiger partial charge on any atom is -0.352 e. The van der Waals surface area contributed by atoms with Crippen LogP contribution in [0.15, 0.2) is 29.4 Å². The van der Waals surface area contributed by atoms with Crippen LogP contribution < -0.4 is 5.32 Å². The molecule has 1 aromatic heterocycles. The predicted molar refractivity (Wildman–Crippen MR) is 101 cm³/mol. The number of aromatic nitrogens is 3. The lowest BCUT2D eigenvalue weighted by atomic mass is 9.86. The van der Waals surface area contributed by atoms with Crippen LogP contribution in [0.2, 0.25) is 0 Å². The fourth-order valence-corrected chi connectivity index (χ4v) is 3.86. The molecule has 0 saturated heterocycles. The molecule has 25 heavy (non-hydrogen) atoms. The van der Waals surface area contributed by atoms with Crippen molar-refractivity contribution in [2.24, 2.45) is 5.92 Å². The highest BCUT2D eigenvalue weighted by Gasteiger charge is 2.22. The third-order valence-electron chi connectivity index (χ3n) is 4.89. The van der Waals surface area contributed by atoms with Gasteiger partial charge in [-0.1, -0.05) is 62.7 Å². The van der Waals surface area contributed by atoms with Crippen molar-refractivity contribution in [1.29, 1.82) is 0 Å². The molecule has 0 spiro atoms. The summed E-state index contributed by atoms with van der Waals surface area (Å²) in [5.41, 5.74) is 2.31. The SMILES string of the molecule is CCc1ccc(-c2nc(SCC(=O)N[C@H]3CCCC[C@H]3C)n[nH]2)cc1. The second kappa shape index (κ2) is 8.52. The van der Waals surface area contributed by atoms with Gasteiger partial charge in [-0.3, -0.25) is 9.89 Å². The largest absolute Gasteiger partial charge is 0.352 e. The Kier molecular flexibility index (Phi) is 6.13. The third kappa shape index (κ3) is 4.84. The summed E-state index contributed by atoms with van der Waals surface area (Å²) in [6.45, 7) is 4.36. The molecule has 0 unspecified atom stereocenters. The maximum Gasteiger partial charge on any atom is 0.230 e. The lowest BCUT2D eigenvalue weighted by Gasteiger charge is -2.29. The van der Waals surface area contributed by atoms with Gasteiger partial charge in [-0.15, -0.1) is 5.10 Å². The molecule has 3 rings (SSSR count). The summed E-state index contributed by atoms with van der Waals surface area (Å²) in [6, 6.07) is 8.62. The zero-order chi connectivity index (χ0) is 17.6. The van der Waals surface area contributed by atoms with Crippen molar-refractivity contribution < 1.29 is 4.79 Å². The normalized spacial score (nSPS) is 20.4. The van der Waals surface area contributed by atoms with Crippen LogP contribution in [0.3, 0.4) is 0 Å². The minimum absolute atomic E-state index is 0.0717. The first-order valence-corrected chi connectivity index (χ1v) is 10.1. The van der Waals surface area contributed by atoms with E-state index in [0.29, 0.717) is 22.9 Å². The summed E-state index contributed by atoms with van der Waals surface area (Å²) >= 11 is 1.38. The molecule has 1 amide bonds. The predicted octanol–water partition coefficient (Wildman–Crippen LogP) is 3.82. The monoisotopic (exact) mass is 358 g/mol. The van der Waals surface area contributed by atoms with Crippen LogP contribution in [0, 0.1) is 5.92 Å². The number of amides is 1. The fourth-order valence-electron chi connectivity index (χ4n) is 3.25. The number of carbonyl (C=O) groups is 1. The first kappa shape index (κ1) is 18.0. The maximum atomic E-state index is 12.2. The van der Waals surface area contributed by atoms with Crippen LogP contribution in [-0.4, -0.2) is 32.9 Å². The van der Waals surface area contributed by atoms with Gasteiger partial charge in [0.2, 0.25) is 11.1 Å². The molecule has 1 saturated carbocycles. The Balaban J connectivity index is 1.51. The second-order valence-electron chi connectivity index (χ2n) is 6.74. The number of nitrogens with one attached hydrogen (secondary N) is 2. The maximum absolute atomic E-state index is 12.2. The van der Waals surface area contributed by atoms with Crippen LogP contribution in [0.4, 0.5) is 0 Å². The van der Waals surface area contributed by atoms with E-state index in [1.54, 1.807) is 0 Å². The van der Waals surface area contributed by atoms with Crippen molar-refractivity contribution >= 4 is 17.7 Å². The molecule has 0 aliphatic heterocycles. The highest BCUT2D eigenvalue weighted by Crippen LogP contribution is 2.24. The minimum atomic E-state index is 0.0717. The number of benzene rings is 1. The molecular weight excluding hydrogens is 332 g/mol. The molecule has 0 radical (unpaired) electrons. The third-order valence-corrected chi connectivity index (χ3v) is 5.74. The van der Waals surface area contributed by atoms with Gasteiger partial charge in [-0.2, -0.15) is 0 Å². The molecule has 134 valence electrons. The molecule has 5 nitrogen and oxygen atoms in total. The highest BCUT2D eigenvalue weighted by atomic mass is 32.2. The van der Waals surface area contributed by atoms with Gasteiger partial charge in [0.15, 0.2) is 5.82 Å². The second-order valence-corrected chi connectivity index (χ2v) is 7.68. The number of nitrogens with zero attached hydrogens (tertiary/aromatic N) is 2. The summed E-state index contributed by atoms with van der Waals surface area (Å²) in [4.78, 5) is 16.7. The van der Waals surface area contributed by atoms with E-state index in [0.717, 1.165) is 24.2 Å². The van der Waals surface area contributed by atoms with Crippen molar-refractivity contribution in [3.63, 3.8) is 0 Å². The summed E-state index contributed by atoms with van der Waals surface area (Å²) in [6.07, 6.45) is 5.81. The van der Waals surface area contributed by atoms with Gasteiger partial charge >= 0.3 is 0 Å². The number of rotatable bonds is 6. The first-order chi connectivity index (χ1) is 12.2. The van der Waals surface area contributed by atoms with Crippen molar-refractivity contribution in [3.8, 4) is 11.4 Å². The number of thioether (sulfide) groups is 1. The number of aryl methyl sites for hydroxylation is 1. The van der Waals surface area contributed by atoms with E-state index in [9.17, 15) is 4.79 Å². The standard InChI is InChI=1S/C19H26N4OS/c1-3-14-8-10-15(11-9-14)18-21-19(23-22-18)25-12-17(24)20-16-7-5-4-6-13(16)2/h8-11,13,16H,3-7,12H2,1-2H3,(H,20,24)(H,21,22,23)/t13-,16+/m1/s1. The molecule has 2 aromatic rings. The van der Waals surface area contributed by atoms with Crippen LogP contribution in [-0.2, 0) is 11.2 Å². The fraction of sp³-hybridized carbons (Fsp3) is 0.526. The zero-order valence-corrected chi connectivity index (χ0v) is 15.7. The molecule has 1 aliphatic rings. The van der Waals surface area contributed by atoms with Crippen molar-refractivity contribution in [1.82, 2.24) is 20.5 Å². The van der Waals surface area contributed by atoms with E-state index in [2.05, 4.69) is 46.5 Å². The molecule has 1 fully saturated rings. The van der Waals surface area contributed by atoms with Crippen molar-refractivity contribution in [3.05, 3.63) is 29.8 Å². The van der Waals surface area contributed by atoms with Crippen LogP contribution >= 0.6 is 11.8 Å². The lowest BCUT2D eigenvalue weighted by molar-refractivity contribution is -0.119. The number of hydrogen-bond donors (Lipinski definition) is 2. The average Bonchev–Trinajstić information content (AvgIpc) is 3.11. The van der Waals surface area contributed by atoms with Crippen LogP contribution in [0.25, 0.3) is 11.4 Å². The Labute approximate surface area is 153 Å². The van der Waals surface area contributed by atoms with E-state index in [4.69, 9.17) is 0 Å². The average molecular weight is 359 g/mol. The Morgan fingerprint density at radius 3 is 2.76 bits per heavy atom. The Hall–Kier alpha value is -1.82. The zero-order valence-electron chi connectivity index (χ0n) is 14.9. The highest BCUT2D eigenvalue weighted by molar-refractivity contribution is 7.99. The van der Waals surface area contributed by atoms with Gasteiger partial charge in [-0.05, 0) is 30.7 Å². The van der Waals surface area contributed by atoms with Gasteiger partial charge < -0.3 is 5.32 Å². The summed E-state index contributed by atoms with van der Waals surface area (Å²) in [5.74, 6) is 1.74. The smallest absolute Gasteiger partial charge is 0.230 e. The lowest BCUT2D eigenvalue weighted by Crippen LogP contribution is -2.41. The Morgan fingerprint density at radius 1 is 1.28 bits per heavy atom.